The Bertz CT molecular complexity index is 1230. The van der Waals surface area contributed by atoms with Crippen LogP contribution in [0.25, 0.3) is 6.08 Å². The second-order valence-corrected chi connectivity index (χ2v) is 7.46. The van der Waals surface area contributed by atoms with Crippen LogP contribution in [0.4, 0.5) is 5.69 Å². The fraction of sp³-hybridized carbons (Fsp3) is 0.185. The molecule has 0 atom stereocenters. The van der Waals surface area contributed by atoms with Gasteiger partial charge in [-0.15, -0.1) is 0 Å². The third kappa shape index (κ3) is 5.55. The summed E-state index contributed by atoms with van der Waals surface area (Å²) < 4.78 is 22.6. The number of nitrogens with one attached hydrogen (secondary N) is 1. The Morgan fingerprint density at radius 3 is 2.14 bits per heavy atom. The summed E-state index contributed by atoms with van der Waals surface area (Å²) >= 11 is 0. The second-order valence-electron chi connectivity index (χ2n) is 7.46. The zero-order valence-corrected chi connectivity index (χ0v) is 19.5. The molecule has 0 saturated carbocycles. The average Bonchev–Trinajstić information content (AvgIpc) is 3.17. The first-order valence-corrected chi connectivity index (χ1v) is 11.2. The standard InChI is InChI=1S/C27H26N2O6/c1-3-33-25-18-19(17-21-26(30)28-29(27(21)31)20-9-5-4-6-10-20)13-14-24(25)35-16-15-34-23-12-8-7-11-22(23)32-2/h4-14,17-18H,3,15-16H2,1-2H3,(H,28,30). The molecule has 0 radical (unpaired) electrons. The van der Waals surface area contributed by atoms with Gasteiger partial charge in [-0.25, -0.2) is 5.01 Å². The molecule has 8 heteroatoms. The number of amides is 2. The van der Waals surface area contributed by atoms with Crippen molar-refractivity contribution in [3.63, 3.8) is 0 Å². The van der Waals surface area contributed by atoms with Gasteiger partial charge in [0.1, 0.15) is 18.8 Å². The van der Waals surface area contributed by atoms with Crippen LogP contribution < -0.4 is 29.4 Å². The monoisotopic (exact) mass is 474 g/mol. The van der Waals surface area contributed by atoms with E-state index in [2.05, 4.69) is 5.43 Å². The molecule has 1 saturated heterocycles. The molecule has 180 valence electrons. The number of anilines is 1. The van der Waals surface area contributed by atoms with Gasteiger partial charge >= 0.3 is 0 Å². The summed E-state index contributed by atoms with van der Waals surface area (Å²) in [6.07, 6.45) is 1.54. The first kappa shape index (κ1) is 23.7. The van der Waals surface area contributed by atoms with Crippen molar-refractivity contribution in [2.45, 2.75) is 6.92 Å². The van der Waals surface area contributed by atoms with Crippen LogP contribution in [0, 0.1) is 0 Å². The average molecular weight is 475 g/mol. The zero-order valence-electron chi connectivity index (χ0n) is 19.5. The van der Waals surface area contributed by atoms with Crippen LogP contribution in [0.2, 0.25) is 0 Å². The summed E-state index contributed by atoms with van der Waals surface area (Å²) in [6.45, 7) is 2.88. The molecule has 3 aromatic carbocycles. The minimum atomic E-state index is -0.467. The van der Waals surface area contributed by atoms with Gasteiger partial charge in [0.15, 0.2) is 23.0 Å². The van der Waals surface area contributed by atoms with Crippen molar-refractivity contribution < 1.29 is 28.5 Å². The lowest BCUT2D eigenvalue weighted by Crippen LogP contribution is -2.35. The van der Waals surface area contributed by atoms with Crippen molar-refractivity contribution in [3.05, 3.63) is 83.9 Å². The van der Waals surface area contributed by atoms with Gasteiger partial charge in [-0.1, -0.05) is 36.4 Å². The highest BCUT2D eigenvalue weighted by molar-refractivity contribution is 6.31. The zero-order chi connectivity index (χ0) is 24.6. The maximum atomic E-state index is 12.8. The normalized spacial score (nSPS) is 14.1. The van der Waals surface area contributed by atoms with Gasteiger partial charge in [0.2, 0.25) is 0 Å². The van der Waals surface area contributed by atoms with Crippen molar-refractivity contribution >= 4 is 23.6 Å². The summed E-state index contributed by atoms with van der Waals surface area (Å²) in [7, 11) is 1.59. The van der Waals surface area contributed by atoms with Gasteiger partial charge in [0, 0.05) is 0 Å². The first-order chi connectivity index (χ1) is 17.1. The molecule has 3 aromatic rings. The first-order valence-electron chi connectivity index (χ1n) is 11.2. The lowest BCUT2D eigenvalue weighted by atomic mass is 10.1. The molecule has 0 aliphatic carbocycles. The Labute approximate surface area is 203 Å². The Morgan fingerprint density at radius 2 is 1.46 bits per heavy atom. The number of carbonyl (C=O) groups is 2. The molecule has 1 fully saturated rings. The van der Waals surface area contributed by atoms with E-state index in [0.717, 1.165) is 0 Å². The number of benzene rings is 3. The molecule has 2 amide bonds. The van der Waals surface area contributed by atoms with Crippen LogP contribution in [-0.2, 0) is 9.59 Å². The summed E-state index contributed by atoms with van der Waals surface area (Å²) in [4.78, 5) is 25.3. The van der Waals surface area contributed by atoms with Crippen LogP contribution in [-0.4, -0.2) is 38.7 Å². The number of hydrogen-bond donors (Lipinski definition) is 1. The molecule has 0 spiro atoms. The van der Waals surface area contributed by atoms with E-state index in [1.54, 1.807) is 49.6 Å². The maximum absolute atomic E-state index is 12.8. The van der Waals surface area contributed by atoms with Crippen molar-refractivity contribution in [2.75, 3.05) is 31.9 Å². The largest absolute Gasteiger partial charge is 0.493 e. The van der Waals surface area contributed by atoms with Crippen molar-refractivity contribution in [2.24, 2.45) is 0 Å². The van der Waals surface area contributed by atoms with Crippen LogP contribution in [0.1, 0.15) is 12.5 Å². The van der Waals surface area contributed by atoms with E-state index >= 15 is 0 Å². The predicted octanol–water partition coefficient (Wildman–Crippen LogP) is 4.01. The van der Waals surface area contributed by atoms with E-state index < -0.39 is 11.8 Å². The molecule has 35 heavy (non-hydrogen) atoms. The fourth-order valence-corrected chi connectivity index (χ4v) is 3.53. The number of carbonyl (C=O) groups excluding carboxylic acids is 2. The number of nitrogens with zero attached hydrogens (tertiary/aromatic N) is 1. The van der Waals surface area contributed by atoms with Gasteiger partial charge < -0.3 is 18.9 Å². The summed E-state index contributed by atoms with van der Waals surface area (Å²) in [5.41, 5.74) is 3.86. The van der Waals surface area contributed by atoms with E-state index in [1.807, 2.05) is 37.3 Å². The highest BCUT2D eigenvalue weighted by Gasteiger charge is 2.34. The van der Waals surface area contributed by atoms with Crippen LogP contribution in [0.5, 0.6) is 23.0 Å². The Morgan fingerprint density at radius 1 is 0.800 bits per heavy atom. The Balaban J connectivity index is 1.44. The summed E-state index contributed by atoms with van der Waals surface area (Å²) in [5, 5.41) is 1.23. The lowest BCUT2D eigenvalue weighted by Gasteiger charge is -2.14. The van der Waals surface area contributed by atoms with E-state index in [4.69, 9.17) is 18.9 Å². The van der Waals surface area contributed by atoms with Gasteiger partial charge in [0.25, 0.3) is 11.8 Å². The lowest BCUT2D eigenvalue weighted by molar-refractivity contribution is -0.117. The SMILES string of the molecule is CCOc1cc(C=C2C(=O)NN(c3ccccc3)C2=O)ccc1OCCOc1ccccc1OC. The Kier molecular flexibility index (Phi) is 7.52. The van der Waals surface area contributed by atoms with Gasteiger partial charge in [-0.05, 0) is 55.0 Å². The fourth-order valence-electron chi connectivity index (χ4n) is 3.53. The molecular weight excluding hydrogens is 448 g/mol. The third-order valence-electron chi connectivity index (χ3n) is 5.15. The Hall–Kier alpha value is -4.46. The molecule has 0 unspecified atom stereocenters. The summed E-state index contributed by atoms with van der Waals surface area (Å²) in [5.74, 6) is 1.43. The highest BCUT2D eigenvalue weighted by atomic mass is 16.5. The number of hydrogen-bond acceptors (Lipinski definition) is 6. The predicted molar refractivity (Wildman–Crippen MR) is 132 cm³/mol. The van der Waals surface area contributed by atoms with E-state index in [1.165, 1.54) is 11.1 Å². The van der Waals surface area contributed by atoms with Crippen molar-refractivity contribution in [3.8, 4) is 23.0 Å². The molecule has 1 N–H and O–H groups in total. The molecule has 0 bridgehead atoms. The van der Waals surface area contributed by atoms with Crippen LogP contribution in [0.3, 0.4) is 0 Å². The third-order valence-corrected chi connectivity index (χ3v) is 5.15. The molecule has 1 heterocycles. The topological polar surface area (TPSA) is 86.3 Å². The minimum Gasteiger partial charge on any atom is -0.493 e. The van der Waals surface area contributed by atoms with Gasteiger partial charge in [-0.2, -0.15) is 0 Å². The van der Waals surface area contributed by atoms with Crippen molar-refractivity contribution in [1.82, 2.24) is 5.43 Å². The number of ether oxygens (including phenoxy) is 4. The van der Waals surface area contributed by atoms with Gasteiger partial charge in [-0.3, -0.25) is 15.0 Å². The molecule has 1 aliphatic rings. The number of para-hydroxylation sites is 3. The molecule has 4 rings (SSSR count). The molecular formula is C27H26N2O6. The molecule has 1 aliphatic heterocycles. The summed E-state index contributed by atoms with van der Waals surface area (Å²) in [6, 6.07) is 21.6. The smallest absolute Gasteiger partial charge is 0.282 e. The number of hydrazine groups is 1. The number of rotatable bonds is 10. The van der Waals surface area contributed by atoms with Crippen LogP contribution in [0.15, 0.2) is 78.4 Å². The highest BCUT2D eigenvalue weighted by Crippen LogP contribution is 2.31. The minimum absolute atomic E-state index is 0.0372. The van der Waals surface area contributed by atoms with E-state index in [9.17, 15) is 9.59 Å². The molecule has 0 aromatic heterocycles. The van der Waals surface area contributed by atoms with Crippen molar-refractivity contribution in [1.29, 1.82) is 0 Å². The maximum Gasteiger partial charge on any atom is 0.282 e. The second kappa shape index (κ2) is 11.1. The number of methoxy groups -OCH3 is 1. The quantitative estimate of drug-likeness (QED) is 0.271. The van der Waals surface area contributed by atoms with E-state index in [-0.39, 0.29) is 12.2 Å². The van der Waals surface area contributed by atoms with E-state index in [0.29, 0.717) is 47.5 Å². The molecule has 8 nitrogen and oxygen atoms in total. The van der Waals surface area contributed by atoms with Gasteiger partial charge in [0.05, 0.1) is 19.4 Å². The van der Waals surface area contributed by atoms with Crippen LogP contribution >= 0.6 is 0 Å².